The van der Waals surface area contributed by atoms with Gasteiger partial charge >= 0.3 is 0 Å². The molecule has 0 radical (unpaired) electrons. The molecule has 0 atom stereocenters. The molecule has 0 spiro atoms. The normalized spacial score (nSPS) is 10.6. The predicted octanol–water partition coefficient (Wildman–Crippen LogP) is 2.82. The van der Waals surface area contributed by atoms with Crippen LogP contribution in [-0.2, 0) is 0 Å². The van der Waals surface area contributed by atoms with Crippen LogP contribution in [0.4, 0.5) is 0 Å². The van der Waals surface area contributed by atoms with Gasteiger partial charge in [0.1, 0.15) is 0 Å². The first kappa shape index (κ1) is 17.2. The fourth-order valence-corrected chi connectivity index (χ4v) is 1.87. The van der Waals surface area contributed by atoms with E-state index in [2.05, 4.69) is 17.5 Å². The van der Waals surface area contributed by atoms with Crippen LogP contribution in [-0.4, -0.2) is 25.0 Å². The molecule has 0 saturated heterocycles. The minimum Gasteiger partial charge on any atom is -0.493 e. The lowest BCUT2D eigenvalue weighted by molar-refractivity contribution is 0.285. The van der Waals surface area contributed by atoms with Crippen LogP contribution in [0, 0.1) is 0 Å². The maximum Gasteiger partial charge on any atom is 0.184 e. The quantitative estimate of drug-likeness (QED) is 0.318. The smallest absolute Gasteiger partial charge is 0.184 e. The average Bonchev–Trinajstić information content (AvgIpc) is 2.47. The van der Waals surface area contributed by atoms with Crippen LogP contribution >= 0.6 is 12.2 Å². The Balaban J connectivity index is 2.72. The van der Waals surface area contributed by atoms with Gasteiger partial charge in [-0.05, 0) is 30.8 Å². The fraction of sp³-hybridized carbons (Fsp3) is 0.467. The van der Waals surface area contributed by atoms with E-state index >= 15 is 0 Å². The van der Waals surface area contributed by atoms with Gasteiger partial charge < -0.3 is 15.2 Å². The number of rotatable bonds is 9. The topological polar surface area (TPSA) is 68.9 Å². The molecule has 0 aromatic heterocycles. The van der Waals surface area contributed by atoms with Crippen molar-refractivity contribution in [1.29, 1.82) is 0 Å². The van der Waals surface area contributed by atoms with Crippen LogP contribution in [0.1, 0.15) is 38.2 Å². The van der Waals surface area contributed by atoms with Gasteiger partial charge in [-0.15, -0.1) is 0 Å². The molecule has 5 nitrogen and oxygen atoms in total. The number of hydrazone groups is 1. The number of methoxy groups -OCH3 is 1. The van der Waals surface area contributed by atoms with Gasteiger partial charge in [-0.25, -0.2) is 0 Å². The zero-order valence-electron chi connectivity index (χ0n) is 12.6. The molecule has 1 aromatic rings. The summed E-state index contributed by atoms with van der Waals surface area (Å²) in [4.78, 5) is 0. The van der Waals surface area contributed by atoms with Gasteiger partial charge in [0, 0.05) is 5.56 Å². The molecule has 1 rings (SSSR count). The second-order valence-electron chi connectivity index (χ2n) is 4.52. The van der Waals surface area contributed by atoms with Crippen LogP contribution in [0.5, 0.6) is 11.5 Å². The summed E-state index contributed by atoms with van der Waals surface area (Å²) in [5.41, 5.74) is 8.67. The van der Waals surface area contributed by atoms with Crippen LogP contribution in [0.3, 0.4) is 0 Å². The summed E-state index contributed by atoms with van der Waals surface area (Å²) >= 11 is 4.70. The van der Waals surface area contributed by atoms with E-state index in [1.54, 1.807) is 13.3 Å². The highest BCUT2D eigenvalue weighted by Crippen LogP contribution is 2.30. The first-order valence-corrected chi connectivity index (χ1v) is 7.48. The third kappa shape index (κ3) is 6.44. The molecule has 0 fully saturated rings. The summed E-state index contributed by atoms with van der Waals surface area (Å²) in [6.07, 6.45) is 6.23. The molecular formula is C15H23N3O2S. The second kappa shape index (κ2) is 9.99. The molecule has 0 saturated carbocycles. The van der Waals surface area contributed by atoms with Crippen molar-refractivity contribution in [2.75, 3.05) is 13.7 Å². The van der Waals surface area contributed by atoms with Crippen molar-refractivity contribution in [2.24, 2.45) is 10.8 Å². The van der Waals surface area contributed by atoms with Gasteiger partial charge in [-0.2, -0.15) is 5.10 Å². The number of hydrogen-bond acceptors (Lipinski definition) is 4. The maximum atomic E-state index is 5.86. The van der Waals surface area contributed by atoms with Gasteiger partial charge in [0.05, 0.1) is 19.9 Å². The number of thiocarbonyl (C=S) groups is 1. The number of unbranched alkanes of at least 4 members (excludes halogenated alkanes) is 3. The van der Waals surface area contributed by atoms with Gasteiger partial charge in [-0.1, -0.05) is 32.3 Å². The van der Waals surface area contributed by atoms with E-state index in [1.165, 1.54) is 12.8 Å². The lowest BCUT2D eigenvalue weighted by Gasteiger charge is -2.13. The molecule has 21 heavy (non-hydrogen) atoms. The van der Waals surface area contributed by atoms with E-state index in [0.29, 0.717) is 18.1 Å². The van der Waals surface area contributed by atoms with E-state index in [4.69, 9.17) is 27.4 Å². The highest BCUT2D eigenvalue weighted by molar-refractivity contribution is 7.80. The molecule has 0 aliphatic heterocycles. The zero-order valence-corrected chi connectivity index (χ0v) is 13.4. The minimum atomic E-state index is 0.121. The molecule has 3 N–H and O–H groups in total. The first-order valence-electron chi connectivity index (χ1n) is 7.07. The van der Waals surface area contributed by atoms with Crippen LogP contribution in [0.2, 0.25) is 0 Å². The standard InChI is InChI=1S/C15H23N3O2S/c1-3-4-5-6-10-20-14-12(11-17-18-15(16)21)8-7-9-13(14)19-2/h7-9,11H,3-6,10H2,1-2H3,(H3,16,18,21). The van der Waals surface area contributed by atoms with Crippen LogP contribution < -0.4 is 20.6 Å². The van der Waals surface area contributed by atoms with Gasteiger partial charge in [0.2, 0.25) is 0 Å². The molecular weight excluding hydrogens is 286 g/mol. The SMILES string of the molecule is CCCCCCOc1c(C=NNC(N)=S)cccc1OC. The van der Waals surface area contributed by atoms with E-state index < -0.39 is 0 Å². The lowest BCUT2D eigenvalue weighted by Crippen LogP contribution is -2.24. The Morgan fingerprint density at radius 1 is 1.38 bits per heavy atom. The Morgan fingerprint density at radius 2 is 2.19 bits per heavy atom. The van der Waals surface area contributed by atoms with Crippen molar-refractivity contribution in [1.82, 2.24) is 5.43 Å². The number of ether oxygens (including phenoxy) is 2. The van der Waals surface area contributed by atoms with Gasteiger partial charge in [0.15, 0.2) is 16.6 Å². The lowest BCUT2D eigenvalue weighted by atomic mass is 10.2. The first-order chi connectivity index (χ1) is 10.2. The monoisotopic (exact) mass is 309 g/mol. The Kier molecular flexibility index (Phi) is 8.19. The summed E-state index contributed by atoms with van der Waals surface area (Å²) in [5.74, 6) is 1.37. The Bertz CT molecular complexity index is 478. The van der Waals surface area contributed by atoms with Crippen molar-refractivity contribution in [3.05, 3.63) is 23.8 Å². The average molecular weight is 309 g/mol. The number of para-hydroxylation sites is 1. The maximum absolute atomic E-state index is 5.86. The van der Waals surface area contributed by atoms with E-state index in [9.17, 15) is 0 Å². The molecule has 0 heterocycles. The second-order valence-corrected chi connectivity index (χ2v) is 4.96. The predicted molar refractivity (Wildman–Crippen MR) is 90.1 cm³/mol. The minimum absolute atomic E-state index is 0.121. The van der Waals surface area contributed by atoms with E-state index in [1.807, 2.05) is 18.2 Å². The molecule has 0 aliphatic carbocycles. The van der Waals surface area contributed by atoms with E-state index in [-0.39, 0.29) is 5.11 Å². The fourth-order valence-electron chi connectivity index (χ4n) is 1.82. The molecule has 0 bridgehead atoms. The molecule has 0 aliphatic rings. The third-order valence-corrected chi connectivity index (χ3v) is 2.94. The molecule has 116 valence electrons. The van der Waals surface area contributed by atoms with E-state index in [0.717, 1.165) is 18.4 Å². The Labute approximate surface area is 131 Å². The van der Waals surface area contributed by atoms with Crippen LogP contribution in [0.25, 0.3) is 0 Å². The number of nitrogens with two attached hydrogens (primary N) is 1. The molecule has 0 unspecified atom stereocenters. The summed E-state index contributed by atoms with van der Waals surface area (Å²) in [6, 6.07) is 5.64. The van der Waals surface area contributed by atoms with Crippen molar-refractivity contribution >= 4 is 23.5 Å². The van der Waals surface area contributed by atoms with Crippen molar-refractivity contribution in [3.63, 3.8) is 0 Å². The molecule has 1 aromatic carbocycles. The number of hydrogen-bond donors (Lipinski definition) is 2. The van der Waals surface area contributed by atoms with Gasteiger partial charge in [0.25, 0.3) is 0 Å². The largest absolute Gasteiger partial charge is 0.493 e. The Hall–Kier alpha value is -1.82. The highest BCUT2D eigenvalue weighted by atomic mass is 32.1. The van der Waals surface area contributed by atoms with Crippen molar-refractivity contribution < 1.29 is 9.47 Å². The highest BCUT2D eigenvalue weighted by Gasteiger charge is 2.09. The number of benzene rings is 1. The third-order valence-electron chi connectivity index (χ3n) is 2.85. The zero-order chi connectivity index (χ0) is 15.5. The number of nitrogens with zero attached hydrogens (tertiary/aromatic N) is 1. The van der Waals surface area contributed by atoms with Crippen LogP contribution in [0.15, 0.2) is 23.3 Å². The van der Waals surface area contributed by atoms with Crippen molar-refractivity contribution in [2.45, 2.75) is 32.6 Å². The Morgan fingerprint density at radius 3 is 2.86 bits per heavy atom. The molecule has 6 heteroatoms. The van der Waals surface area contributed by atoms with Crippen molar-refractivity contribution in [3.8, 4) is 11.5 Å². The summed E-state index contributed by atoms with van der Waals surface area (Å²) in [6.45, 7) is 2.84. The summed E-state index contributed by atoms with van der Waals surface area (Å²) in [5, 5.41) is 4.08. The van der Waals surface area contributed by atoms with Gasteiger partial charge in [-0.3, -0.25) is 5.43 Å². The summed E-state index contributed by atoms with van der Waals surface area (Å²) < 4.78 is 11.2. The summed E-state index contributed by atoms with van der Waals surface area (Å²) in [7, 11) is 1.62. The molecule has 0 amide bonds. The number of nitrogens with one attached hydrogen (secondary N) is 1.